The predicted molar refractivity (Wildman–Crippen MR) is 41.2 cm³/mol. The Morgan fingerprint density at radius 3 is 2.67 bits per heavy atom. The van der Waals surface area contributed by atoms with E-state index >= 15 is 0 Å². The fourth-order valence-electron chi connectivity index (χ4n) is 1.46. The molecule has 2 saturated heterocycles. The molecule has 0 aromatic rings. The van der Waals surface area contributed by atoms with Crippen LogP contribution < -0.4 is 0 Å². The first-order chi connectivity index (χ1) is 5.58. The normalized spacial score (nSPS) is 33.7. The van der Waals surface area contributed by atoms with Crippen molar-refractivity contribution in [2.24, 2.45) is 0 Å². The van der Waals surface area contributed by atoms with Gasteiger partial charge in [0.25, 0.3) is 0 Å². The van der Waals surface area contributed by atoms with E-state index in [0.29, 0.717) is 13.0 Å². The lowest BCUT2D eigenvalue weighted by molar-refractivity contribution is -0.178. The van der Waals surface area contributed by atoms with Gasteiger partial charge in [-0.1, -0.05) is 0 Å². The molecule has 2 rings (SSSR count). The first-order valence-corrected chi connectivity index (χ1v) is 4.20. The van der Waals surface area contributed by atoms with Gasteiger partial charge in [0, 0.05) is 13.0 Å². The fourth-order valence-corrected chi connectivity index (χ4v) is 1.46. The summed E-state index contributed by atoms with van der Waals surface area (Å²) in [5.41, 5.74) is 0. The third-order valence-corrected chi connectivity index (χ3v) is 2.23. The lowest BCUT2D eigenvalue weighted by Crippen LogP contribution is -2.51. The molecule has 0 spiro atoms. The zero-order valence-corrected chi connectivity index (χ0v) is 7.37. The summed E-state index contributed by atoms with van der Waals surface area (Å²) in [5, 5.41) is 0. The van der Waals surface area contributed by atoms with E-state index in [2.05, 4.69) is 0 Å². The number of ether oxygens (including phenoxy) is 2. The van der Waals surface area contributed by atoms with Crippen molar-refractivity contribution < 1.29 is 14.3 Å². The average Bonchev–Trinajstić information content (AvgIpc) is 2.27. The summed E-state index contributed by atoms with van der Waals surface area (Å²) in [6.07, 6.45) is 0.501. The van der Waals surface area contributed by atoms with Crippen LogP contribution in [0.3, 0.4) is 0 Å². The van der Waals surface area contributed by atoms with E-state index in [1.807, 2.05) is 13.8 Å². The molecule has 4 nitrogen and oxygen atoms in total. The molecule has 0 unspecified atom stereocenters. The Kier molecular flexibility index (Phi) is 1.63. The molecule has 1 atom stereocenters. The molecule has 4 heteroatoms. The van der Waals surface area contributed by atoms with Crippen molar-refractivity contribution in [2.45, 2.75) is 32.3 Å². The number of rotatable bonds is 1. The van der Waals surface area contributed by atoms with Gasteiger partial charge in [-0.2, -0.15) is 0 Å². The Balaban J connectivity index is 1.95. The van der Waals surface area contributed by atoms with E-state index in [1.165, 1.54) is 0 Å². The Morgan fingerprint density at radius 2 is 2.33 bits per heavy atom. The topological polar surface area (TPSA) is 38.8 Å². The summed E-state index contributed by atoms with van der Waals surface area (Å²) in [4.78, 5) is 12.7. The van der Waals surface area contributed by atoms with E-state index in [1.54, 1.807) is 4.90 Å². The van der Waals surface area contributed by atoms with Gasteiger partial charge in [-0.05, 0) is 13.8 Å². The summed E-state index contributed by atoms with van der Waals surface area (Å²) in [6.45, 7) is 5.02. The van der Waals surface area contributed by atoms with Gasteiger partial charge in [-0.15, -0.1) is 0 Å². The molecule has 0 saturated carbocycles. The van der Waals surface area contributed by atoms with Crippen LogP contribution in [0.5, 0.6) is 0 Å². The van der Waals surface area contributed by atoms with Crippen LogP contribution in [0.2, 0.25) is 0 Å². The standard InChI is InChI=1S/C8H13NO3/c1-8(2)11-5-7(12-8)9-4-3-6(9)10/h7H,3-5H2,1-2H3/t7-/m0/s1. The van der Waals surface area contributed by atoms with Crippen molar-refractivity contribution in [2.75, 3.05) is 13.2 Å². The summed E-state index contributed by atoms with van der Waals surface area (Å²) in [5.74, 6) is -0.359. The molecule has 2 aliphatic rings. The molecule has 0 N–H and O–H groups in total. The highest BCUT2D eigenvalue weighted by Crippen LogP contribution is 2.27. The van der Waals surface area contributed by atoms with E-state index in [4.69, 9.17) is 9.47 Å². The molecule has 1 amide bonds. The van der Waals surface area contributed by atoms with Gasteiger partial charge in [0.15, 0.2) is 12.0 Å². The van der Waals surface area contributed by atoms with Gasteiger partial charge in [0.2, 0.25) is 5.91 Å². The van der Waals surface area contributed by atoms with Crippen LogP contribution in [0.25, 0.3) is 0 Å². The second-order valence-corrected chi connectivity index (χ2v) is 3.62. The number of carbonyl (C=O) groups is 1. The highest BCUT2D eigenvalue weighted by atomic mass is 16.8. The molecule has 2 heterocycles. The monoisotopic (exact) mass is 171 g/mol. The predicted octanol–water partition coefficient (Wildman–Crippen LogP) is 0.328. The number of amides is 1. The quantitative estimate of drug-likeness (QED) is 0.533. The Morgan fingerprint density at radius 1 is 1.58 bits per heavy atom. The molecular formula is C8H13NO3. The molecule has 0 aromatic carbocycles. The van der Waals surface area contributed by atoms with E-state index in [-0.39, 0.29) is 12.1 Å². The minimum atomic E-state index is -0.527. The first kappa shape index (κ1) is 8.01. The maximum atomic E-state index is 11.0. The van der Waals surface area contributed by atoms with Crippen molar-refractivity contribution in [1.29, 1.82) is 0 Å². The molecule has 0 aromatic heterocycles. The molecule has 12 heavy (non-hydrogen) atoms. The minimum absolute atomic E-state index is 0.152. The molecular weight excluding hydrogens is 158 g/mol. The maximum absolute atomic E-state index is 11.0. The molecule has 2 aliphatic heterocycles. The Bertz CT molecular complexity index is 214. The number of likely N-dealkylation sites (tertiary alicyclic amines) is 1. The Hall–Kier alpha value is -0.610. The van der Waals surface area contributed by atoms with Crippen LogP contribution >= 0.6 is 0 Å². The van der Waals surface area contributed by atoms with Crippen LogP contribution in [0, 0.1) is 0 Å². The molecule has 2 fully saturated rings. The molecule has 0 bridgehead atoms. The minimum Gasteiger partial charge on any atom is -0.346 e. The van der Waals surface area contributed by atoms with Crippen molar-refractivity contribution in [3.05, 3.63) is 0 Å². The van der Waals surface area contributed by atoms with Crippen molar-refractivity contribution in [3.8, 4) is 0 Å². The summed E-state index contributed by atoms with van der Waals surface area (Å²) in [7, 11) is 0. The number of hydrogen-bond donors (Lipinski definition) is 0. The molecule has 0 radical (unpaired) electrons. The van der Waals surface area contributed by atoms with Gasteiger partial charge in [-0.25, -0.2) is 0 Å². The number of nitrogens with zero attached hydrogens (tertiary/aromatic N) is 1. The molecule has 0 aliphatic carbocycles. The second-order valence-electron chi connectivity index (χ2n) is 3.62. The zero-order valence-electron chi connectivity index (χ0n) is 7.37. The summed E-state index contributed by atoms with van der Waals surface area (Å²) >= 11 is 0. The lowest BCUT2D eigenvalue weighted by atomic mass is 10.2. The highest BCUT2D eigenvalue weighted by molar-refractivity contribution is 5.81. The van der Waals surface area contributed by atoms with E-state index in [0.717, 1.165) is 6.54 Å². The fraction of sp³-hybridized carbons (Fsp3) is 0.875. The second kappa shape index (κ2) is 2.44. The summed E-state index contributed by atoms with van der Waals surface area (Å²) in [6, 6.07) is 0. The van der Waals surface area contributed by atoms with Crippen LogP contribution in [0.1, 0.15) is 20.3 Å². The smallest absolute Gasteiger partial charge is 0.226 e. The SMILES string of the molecule is CC1(C)OC[C@@H](N2CCC2=O)O1. The Labute approximate surface area is 71.4 Å². The number of β-lactam (4-membered cyclic amide) rings is 1. The third kappa shape index (κ3) is 1.21. The van der Waals surface area contributed by atoms with Gasteiger partial charge in [-0.3, -0.25) is 4.79 Å². The van der Waals surface area contributed by atoms with Crippen LogP contribution in [-0.4, -0.2) is 36.0 Å². The van der Waals surface area contributed by atoms with Crippen molar-refractivity contribution >= 4 is 5.91 Å². The van der Waals surface area contributed by atoms with Gasteiger partial charge >= 0.3 is 0 Å². The van der Waals surface area contributed by atoms with Crippen LogP contribution in [0.15, 0.2) is 0 Å². The average molecular weight is 171 g/mol. The van der Waals surface area contributed by atoms with Gasteiger partial charge in [0.05, 0.1) is 6.61 Å². The van der Waals surface area contributed by atoms with Gasteiger partial charge < -0.3 is 14.4 Å². The largest absolute Gasteiger partial charge is 0.346 e. The number of hydrogen-bond acceptors (Lipinski definition) is 3. The van der Waals surface area contributed by atoms with E-state index in [9.17, 15) is 4.79 Å². The molecule has 68 valence electrons. The van der Waals surface area contributed by atoms with Crippen LogP contribution in [-0.2, 0) is 14.3 Å². The number of carbonyl (C=O) groups excluding carboxylic acids is 1. The summed E-state index contributed by atoms with van der Waals surface area (Å²) < 4.78 is 10.8. The zero-order chi connectivity index (χ0) is 8.77. The van der Waals surface area contributed by atoms with Crippen molar-refractivity contribution in [1.82, 2.24) is 4.90 Å². The van der Waals surface area contributed by atoms with Gasteiger partial charge in [0.1, 0.15) is 0 Å². The van der Waals surface area contributed by atoms with Crippen molar-refractivity contribution in [3.63, 3.8) is 0 Å². The maximum Gasteiger partial charge on any atom is 0.226 e. The van der Waals surface area contributed by atoms with Crippen LogP contribution in [0.4, 0.5) is 0 Å². The van der Waals surface area contributed by atoms with E-state index < -0.39 is 5.79 Å². The highest BCUT2D eigenvalue weighted by Gasteiger charge is 2.41. The lowest BCUT2D eigenvalue weighted by Gasteiger charge is -2.35. The first-order valence-electron chi connectivity index (χ1n) is 4.20. The third-order valence-electron chi connectivity index (χ3n) is 2.23.